The van der Waals surface area contributed by atoms with E-state index < -0.39 is 16.1 Å². The smallest absolute Gasteiger partial charge is 0.250 e. The molecule has 102 valence electrons. The summed E-state index contributed by atoms with van der Waals surface area (Å²) in [6.45, 7) is -0.237. The van der Waals surface area contributed by atoms with Gasteiger partial charge in [-0.3, -0.25) is 0 Å². The Morgan fingerprint density at radius 2 is 1.89 bits per heavy atom. The van der Waals surface area contributed by atoms with Gasteiger partial charge < -0.3 is 5.11 Å². The summed E-state index contributed by atoms with van der Waals surface area (Å²) >= 11 is 1.16. The maximum atomic E-state index is 12.0. The number of rotatable bonds is 6. The van der Waals surface area contributed by atoms with E-state index in [1.807, 2.05) is 30.3 Å². The van der Waals surface area contributed by atoms with E-state index in [1.54, 1.807) is 17.5 Å². The van der Waals surface area contributed by atoms with Crippen LogP contribution in [0.1, 0.15) is 5.56 Å². The molecule has 0 bridgehead atoms. The molecule has 0 aliphatic rings. The third-order valence-corrected chi connectivity index (χ3v) is 5.55. The molecule has 0 aliphatic heterocycles. The van der Waals surface area contributed by atoms with Gasteiger partial charge in [0.25, 0.3) is 0 Å². The number of aliphatic hydroxyl groups is 1. The fourth-order valence-corrected chi connectivity index (χ4v) is 3.97. The Bertz CT molecular complexity index is 594. The fourth-order valence-electron chi connectivity index (χ4n) is 1.74. The topological polar surface area (TPSA) is 66.4 Å². The summed E-state index contributed by atoms with van der Waals surface area (Å²) in [5, 5.41) is 11.0. The van der Waals surface area contributed by atoms with Crippen LogP contribution < -0.4 is 4.72 Å². The minimum absolute atomic E-state index is 0.237. The standard InChI is InChI=1S/C13H15NO3S2/c15-10-12(9-11-5-2-1-3-6-11)14-19(16,17)13-7-4-8-18-13/h1-8,12,14-15H,9-10H2/t12-/m1/s1. The van der Waals surface area contributed by atoms with Crippen molar-refractivity contribution >= 4 is 21.4 Å². The Morgan fingerprint density at radius 3 is 2.47 bits per heavy atom. The normalized spacial score (nSPS) is 13.3. The third-order valence-electron chi connectivity index (χ3n) is 2.63. The lowest BCUT2D eigenvalue weighted by Crippen LogP contribution is -2.38. The SMILES string of the molecule is O=S(=O)(N[C@@H](CO)Cc1ccccc1)c1cccs1. The molecule has 1 heterocycles. The van der Waals surface area contributed by atoms with E-state index in [0.29, 0.717) is 6.42 Å². The molecule has 0 unspecified atom stereocenters. The second kappa shape index (κ2) is 6.29. The summed E-state index contributed by atoms with van der Waals surface area (Å²) in [4.78, 5) is 0. The predicted molar refractivity (Wildman–Crippen MR) is 75.7 cm³/mol. The summed E-state index contributed by atoms with van der Waals surface area (Å²) in [5.74, 6) is 0. The second-order valence-corrected chi connectivity index (χ2v) is 7.01. The van der Waals surface area contributed by atoms with E-state index in [1.165, 1.54) is 0 Å². The van der Waals surface area contributed by atoms with Crippen LogP contribution in [0, 0.1) is 0 Å². The quantitative estimate of drug-likeness (QED) is 0.851. The number of aliphatic hydroxyl groups excluding tert-OH is 1. The zero-order valence-corrected chi connectivity index (χ0v) is 11.8. The molecule has 0 fully saturated rings. The van der Waals surface area contributed by atoms with Crippen molar-refractivity contribution in [3.05, 3.63) is 53.4 Å². The van der Waals surface area contributed by atoms with Gasteiger partial charge in [-0.1, -0.05) is 36.4 Å². The highest BCUT2D eigenvalue weighted by Gasteiger charge is 2.20. The first-order valence-electron chi connectivity index (χ1n) is 5.82. The van der Waals surface area contributed by atoms with E-state index in [2.05, 4.69) is 4.72 Å². The van der Waals surface area contributed by atoms with Gasteiger partial charge >= 0.3 is 0 Å². The molecule has 1 aromatic carbocycles. The molecular formula is C13H15NO3S2. The molecule has 0 spiro atoms. The molecule has 0 radical (unpaired) electrons. The van der Waals surface area contributed by atoms with Gasteiger partial charge in [-0.15, -0.1) is 11.3 Å². The minimum Gasteiger partial charge on any atom is -0.395 e. The zero-order valence-electron chi connectivity index (χ0n) is 10.2. The molecule has 0 amide bonds. The molecule has 1 aromatic heterocycles. The molecule has 19 heavy (non-hydrogen) atoms. The molecule has 1 atom stereocenters. The Morgan fingerprint density at radius 1 is 1.16 bits per heavy atom. The molecule has 2 rings (SSSR count). The average Bonchev–Trinajstić information content (AvgIpc) is 2.93. The largest absolute Gasteiger partial charge is 0.395 e. The summed E-state index contributed by atoms with van der Waals surface area (Å²) in [6.07, 6.45) is 0.460. The van der Waals surface area contributed by atoms with Crippen LogP contribution in [0.2, 0.25) is 0 Å². The van der Waals surface area contributed by atoms with Gasteiger partial charge in [0, 0.05) is 6.04 Å². The summed E-state index contributed by atoms with van der Waals surface area (Å²) in [5.41, 5.74) is 0.982. The first-order chi connectivity index (χ1) is 9.12. The highest BCUT2D eigenvalue weighted by atomic mass is 32.2. The summed E-state index contributed by atoms with van der Waals surface area (Å²) in [7, 11) is -3.54. The number of hydrogen-bond donors (Lipinski definition) is 2. The monoisotopic (exact) mass is 297 g/mol. The van der Waals surface area contributed by atoms with Crippen LogP contribution in [0.5, 0.6) is 0 Å². The second-order valence-electron chi connectivity index (χ2n) is 4.12. The minimum atomic E-state index is -3.54. The van der Waals surface area contributed by atoms with Crippen molar-refractivity contribution in [3.63, 3.8) is 0 Å². The highest BCUT2D eigenvalue weighted by molar-refractivity contribution is 7.91. The Balaban J connectivity index is 2.08. The van der Waals surface area contributed by atoms with E-state index >= 15 is 0 Å². The van der Waals surface area contributed by atoms with Crippen LogP contribution in [0.25, 0.3) is 0 Å². The van der Waals surface area contributed by atoms with Gasteiger partial charge in [0.05, 0.1) is 6.61 Å². The molecule has 2 aromatic rings. The van der Waals surface area contributed by atoms with Gasteiger partial charge in [-0.2, -0.15) is 0 Å². The Labute approximate surface area is 116 Å². The zero-order chi connectivity index (χ0) is 13.7. The van der Waals surface area contributed by atoms with Crippen molar-refractivity contribution in [3.8, 4) is 0 Å². The third kappa shape index (κ3) is 3.87. The first-order valence-corrected chi connectivity index (χ1v) is 8.19. The van der Waals surface area contributed by atoms with Gasteiger partial charge in [-0.05, 0) is 23.4 Å². The fraction of sp³-hybridized carbons (Fsp3) is 0.231. The van der Waals surface area contributed by atoms with Crippen LogP contribution in [0.15, 0.2) is 52.1 Å². The molecule has 0 aliphatic carbocycles. The van der Waals surface area contributed by atoms with E-state index in [4.69, 9.17) is 0 Å². The highest BCUT2D eigenvalue weighted by Crippen LogP contribution is 2.16. The number of nitrogens with one attached hydrogen (secondary N) is 1. The van der Waals surface area contributed by atoms with Crippen molar-refractivity contribution in [2.75, 3.05) is 6.61 Å². The lowest BCUT2D eigenvalue weighted by molar-refractivity contribution is 0.256. The Hall–Kier alpha value is -1.21. The molecule has 4 nitrogen and oxygen atoms in total. The lowest BCUT2D eigenvalue weighted by Gasteiger charge is -2.15. The van der Waals surface area contributed by atoms with Crippen LogP contribution in [-0.2, 0) is 16.4 Å². The number of sulfonamides is 1. The number of hydrogen-bond acceptors (Lipinski definition) is 4. The molecular weight excluding hydrogens is 282 g/mol. The summed E-state index contributed by atoms with van der Waals surface area (Å²) in [6, 6.07) is 12.2. The van der Waals surface area contributed by atoms with Gasteiger partial charge in [0.2, 0.25) is 10.0 Å². The molecule has 0 saturated carbocycles. The van der Waals surface area contributed by atoms with Crippen molar-refractivity contribution in [2.24, 2.45) is 0 Å². The van der Waals surface area contributed by atoms with E-state index in [9.17, 15) is 13.5 Å². The number of benzene rings is 1. The van der Waals surface area contributed by atoms with E-state index in [0.717, 1.165) is 16.9 Å². The average molecular weight is 297 g/mol. The molecule has 2 N–H and O–H groups in total. The van der Waals surface area contributed by atoms with Crippen molar-refractivity contribution in [2.45, 2.75) is 16.7 Å². The molecule has 6 heteroatoms. The maximum Gasteiger partial charge on any atom is 0.250 e. The van der Waals surface area contributed by atoms with Gasteiger partial charge in [0.15, 0.2) is 0 Å². The number of thiophene rings is 1. The lowest BCUT2D eigenvalue weighted by atomic mass is 10.1. The van der Waals surface area contributed by atoms with E-state index in [-0.39, 0.29) is 10.8 Å². The summed E-state index contributed by atoms with van der Waals surface area (Å²) < 4.78 is 26.9. The van der Waals surface area contributed by atoms with Crippen LogP contribution in [0.4, 0.5) is 0 Å². The molecule has 0 saturated heterocycles. The van der Waals surface area contributed by atoms with Crippen LogP contribution in [-0.4, -0.2) is 26.2 Å². The van der Waals surface area contributed by atoms with Crippen LogP contribution >= 0.6 is 11.3 Å². The predicted octanol–water partition coefficient (Wildman–Crippen LogP) is 1.63. The Kier molecular flexibility index (Phi) is 4.71. The van der Waals surface area contributed by atoms with Crippen molar-refractivity contribution in [1.82, 2.24) is 4.72 Å². The van der Waals surface area contributed by atoms with Crippen molar-refractivity contribution in [1.29, 1.82) is 0 Å². The van der Waals surface area contributed by atoms with Gasteiger partial charge in [-0.25, -0.2) is 13.1 Å². The van der Waals surface area contributed by atoms with Crippen molar-refractivity contribution < 1.29 is 13.5 Å². The first kappa shape index (κ1) is 14.2. The van der Waals surface area contributed by atoms with Gasteiger partial charge in [0.1, 0.15) is 4.21 Å². The van der Waals surface area contributed by atoms with Crippen LogP contribution in [0.3, 0.4) is 0 Å². The maximum absolute atomic E-state index is 12.0.